The van der Waals surface area contributed by atoms with Crippen molar-refractivity contribution in [1.82, 2.24) is 9.97 Å². The summed E-state index contributed by atoms with van der Waals surface area (Å²) < 4.78 is 40.7. The molecular formula is C24H17F2N5O3. The van der Waals surface area contributed by atoms with Crippen LogP contribution in [0.15, 0.2) is 48.8 Å². The van der Waals surface area contributed by atoms with Crippen LogP contribution in [0.25, 0.3) is 11.0 Å². The van der Waals surface area contributed by atoms with Crippen LogP contribution in [-0.4, -0.2) is 30.2 Å². The van der Waals surface area contributed by atoms with Gasteiger partial charge < -0.3 is 14.5 Å². The molecule has 0 spiro atoms. The third kappa shape index (κ3) is 3.09. The van der Waals surface area contributed by atoms with Crippen molar-refractivity contribution in [3.8, 4) is 17.6 Å². The lowest BCUT2D eigenvalue weighted by atomic mass is 10.1. The maximum Gasteiger partial charge on any atom is 0.334 e. The number of aromatic amines is 1. The molecule has 1 N–H and O–H groups in total. The van der Waals surface area contributed by atoms with Crippen LogP contribution in [0, 0.1) is 23.0 Å². The van der Waals surface area contributed by atoms with Crippen LogP contribution >= 0.6 is 0 Å². The standard InChI is InChI=1S/C24H17F2N5O3/c1-33-17-9-18(34-2)20(26)22(19(17)25)30-12-14-11-29-23-16(7-8-28-23)21(14)31(24(30)32)15-5-3-13(10-27)4-6-15/h3-9,11H,12H2,1-2H3,(H,28,29). The van der Waals surface area contributed by atoms with Crippen molar-refractivity contribution in [3.05, 3.63) is 71.6 Å². The number of ether oxygens (including phenoxy) is 2. The molecule has 0 aliphatic carbocycles. The number of anilines is 3. The predicted molar refractivity (Wildman–Crippen MR) is 120 cm³/mol. The number of hydrogen-bond acceptors (Lipinski definition) is 5. The van der Waals surface area contributed by atoms with Gasteiger partial charge in [-0.05, 0) is 30.3 Å². The molecule has 3 heterocycles. The molecule has 34 heavy (non-hydrogen) atoms. The Bertz CT molecular complexity index is 1450. The summed E-state index contributed by atoms with van der Waals surface area (Å²) in [5, 5.41) is 9.82. The number of H-pyrrole nitrogens is 1. The van der Waals surface area contributed by atoms with Gasteiger partial charge in [0.05, 0.1) is 43.8 Å². The van der Waals surface area contributed by atoms with Gasteiger partial charge in [-0.25, -0.2) is 18.6 Å². The second-order valence-electron chi connectivity index (χ2n) is 7.49. The Labute approximate surface area is 192 Å². The Balaban J connectivity index is 1.76. The van der Waals surface area contributed by atoms with E-state index in [1.165, 1.54) is 19.1 Å². The van der Waals surface area contributed by atoms with E-state index in [4.69, 9.17) is 14.7 Å². The van der Waals surface area contributed by atoms with E-state index in [1.807, 2.05) is 6.07 Å². The Morgan fingerprint density at radius 3 is 2.35 bits per heavy atom. The van der Waals surface area contributed by atoms with Gasteiger partial charge in [-0.3, -0.25) is 9.80 Å². The lowest BCUT2D eigenvalue weighted by Crippen LogP contribution is -2.46. The van der Waals surface area contributed by atoms with Gasteiger partial charge in [0.1, 0.15) is 11.3 Å². The van der Waals surface area contributed by atoms with Crippen molar-refractivity contribution >= 4 is 34.1 Å². The third-order valence-corrected chi connectivity index (χ3v) is 5.68. The fraction of sp³-hybridized carbons (Fsp3) is 0.125. The van der Waals surface area contributed by atoms with Crippen molar-refractivity contribution in [2.75, 3.05) is 24.0 Å². The number of methoxy groups -OCH3 is 2. The molecule has 0 atom stereocenters. The molecule has 2 aromatic carbocycles. The number of hydrogen-bond donors (Lipinski definition) is 1. The Hall–Kier alpha value is -4.65. The highest BCUT2D eigenvalue weighted by atomic mass is 19.1. The van der Waals surface area contributed by atoms with E-state index in [-0.39, 0.29) is 18.0 Å². The molecule has 5 rings (SSSR count). The molecule has 0 bridgehead atoms. The smallest absolute Gasteiger partial charge is 0.334 e. The molecular weight excluding hydrogens is 444 g/mol. The summed E-state index contributed by atoms with van der Waals surface area (Å²) in [6, 6.07) is 10.5. The minimum absolute atomic E-state index is 0.140. The normalized spacial score (nSPS) is 13.1. The predicted octanol–water partition coefficient (Wildman–Crippen LogP) is 5.01. The maximum atomic E-state index is 15.3. The van der Waals surface area contributed by atoms with Crippen molar-refractivity contribution < 1.29 is 23.0 Å². The molecule has 4 aromatic rings. The molecule has 0 saturated heterocycles. The highest BCUT2D eigenvalue weighted by Crippen LogP contribution is 2.44. The minimum Gasteiger partial charge on any atom is -0.493 e. The zero-order valence-corrected chi connectivity index (χ0v) is 18.1. The first kappa shape index (κ1) is 21.2. The average Bonchev–Trinajstić information content (AvgIpc) is 3.34. The van der Waals surface area contributed by atoms with Crippen molar-refractivity contribution in [1.29, 1.82) is 5.26 Å². The average molecular weight is 461 g/mol. The lowest BCUT2D eigenvalue weighted by molar-refractivity contribution is 0.251. The van der Waals surface area contributed by atoms with Gasteiger partial charge in [-0.15, -0.1) is 0 Å². The number of nitriles is 1. The van der Waals surface area contributed by atoms with E-state index in [0.29, 0.717) is 33.5 Å². The van der Waals surface area contributed by atoms with Crippen LogP contribution < -0.4 is 19.3 Å². The number of carbonyl (C=O) groups is 1. The highest BCUT2D eigenvalue weighted by Gasteiger charge is 2.38. The van der Waals surface area contributed by atoms with Crippen LogP contribution in [-0.2, 0) is 6.54 Å². The van der Waals surface area contributed by atoms with Crippen LogP contribution in [0.3, 0.4) is 0 Å². The number of urea groups is 1. The van der Waals surface area contributed by atoms with Crippen LogP contribution in [0.4, 0.5) is 30.6 Å². The summed E-state index contributed by atoms with van der Waals surface area (Å²) in [7, 11) is 2.48. The monoisotopic (exact) mass is 461 g/mol. The summed E-state index contributed by atoms with van der Waals surface area (Å²) in [5.74, 6) is -2.60. The second-order valence-corrected chi connectivity index (χ2v) is 7.49. The number of nitrogens with one attached hydrogen (secondary N) is 1. The SMILES string of the molecule is COc1cc(OC)c(F)c(N2Cc3cnc4[nH]ccc4c3N(c3ccc(C#N)cc3)C2=O)c1F. The second kappa shape index (κ2) is 8.04. The van der Waals surface area contributed by atoms with E-state index < -0.39 is 23.4 Å². The van der Waals surface area contributed by atoms with Crippen LogP contribution in [0.5, 0.6) is 11.5 Å². The fourth-order valence-electron chi connectivity index (χ4n) is 4.08. The Morgan fingerprint density at radius 1 is 1.06 bits per heavy atom. The third-order valence-electron chi connectivity index (χ3n) is 5.68. The van der Waals surface area contributed by atoms with Gasteiger partial charge in [-0.2, -0.15) is 5.26 Å². The lowest BCUT2D eigenvalue weighted by Gasteiger charge is -2.37. The van der Waals surface area contributed by atoms with Crippen molar-refractivity contribution in [2.24, 2.45) is 0 Å². The van der Waals surface area contributed by atoms with E-state index in [0.717, 1.165) is 11.0 Å². The van der Waals surface area contributed by atoms with E-state index in [1.54, 1.807) is 42.7 Å². The zero-order valence-electron chi connectivity index (χ0n) is 18.1. The summed E-state index contributed by atoms with van der Waals surface area (Å²) in [4.78, 5) is 23.6. The molecule has 0 radical (unpaired) electrons. The molecule has 1 aliphatic heterocycles. The Morgan fingerprint density at radius 2 is 1.74 bits per heavy atom. The quantitative estimate of drug-likeness (QED) is 0.461. The highest BCUT2D eigenvalue weighted by molar-refractivity contribution is 6.15. The van der Waals surface area contributed by atoms with E-state index in [2.05, 4.69) is 9.97 Å². The number of rotatable bonds is 4. The van der Waals surface area contributed by atoms with Crippen molar-refractivity contribution in [3.63, 3.8) is 0 Å². The van der Waals surface area contributed by atoms with Gasteiger partial charge in [0.25, 0.3) is 0 Å². The van der Waals surface area contributed by atoms with Gasteiger partial charge in [0.2, 0.25) is 0 Å². The number of nitrogens with zero attached hydrogens (tertiary/aromatic N) is 4. The first-order valence-corrected chi connectivity index (χ1v) is 10.1. The molecule has 0 saturated carbocycles. The molecule has 2 aromatic heterocycles. The molecule has 8 nitrogen and oxygen atoms in total. The topological polar surface area (TPSA) is 94.5 Å². The molecule has 2 amide bonds. The van der Waals surface area contributed by atoms with Gasteiger partial charge >= 0.3 is 6.03 Å². The number of amides is 2. The summed E-state index contributed by atoms with van der Waals surface area (Å²) in [6.45, 7) is -0.140. The van der Waals surface area contributed by atoms with E-state index >= 15 is 8.78 Å². The van der Waals surface area contributed by atoms with E-state index in [9.17, 15) is 4.79 Å². The molecule has 0 fully saturated rings. The number of aromatic nitrogens is 2. The minimum atomic E-state index is -1.03. The van der Waals surface area contributed by atoms with Crippen molar-refractivity contribution in [2.45, 2.75) is 6.54 Å². The molecule has 0 unspecified atom stereocenters. The first-order valence-electron chi connectivity index (χ1n) is 10.1. The summed E-state index contributed by atoms with van der Waals surface area (Å²) >= 11 is 0. The largest absolute Gasteiger partial charge is 0.493 e. The van der Waals surface area contributed by atoms with Gasteiger partial charge in [0, 0.05) is 29.4 Å². The summed E-state index contributed by atoms with van der Waals surface area (Å²) in [6.07, 6.45) is 3.25. The Kier molecular flexibility index (Phi) is 5.02. The van der Waals surface area contributed by atoms with Gasteiger partial charge in [0.15, 0.2) is 23.1 Å². The maximum absolute atomic E-state index is 15.3. The number of fused-ring (bicyclic) bond motifs is 3. The molecule has 170 valence electrons. The fourth-order valence-corrected chi connectivity index (χ4v) is 4.08. The van der Waals surface area contributed by atoms with Gasteiger partial charge in [-0.1, -0.05) is 0 Å². The van der Waals surface area contributed by atoms with Crippen LogP contribution in [0.1, 0.15) is 11.1 Å². The molecule has 1 aliphatic rings. The number of halogens is 2. The first-order chi connectivity index (χ1) is 16.5. The summed E-state index contributed by atoms with van der Waals surface area (Å²) in [5.41, 5.74) is 1.88. The molecule has 10 heteroatoms. The zero-order chi connectivity index (χ0) is 24.0. The van der Waals surface area contributed by atoms with Crippen LogP contribution in [0.2, 0.25) is 0 Å². The number of benzene rings is 2. The number of pyridine rings is 1. The number of carbonyl (C=O) groups excluding carboxylic acids is 1.